The Kier molecular flexibility index (Phi) is 5.60. The summed E-state index contributed by atoms with van der Waals surface area (Å²) in [6.45, 7) is 7.29. The minimum Gasteiger partial charge on any atom is -0.379 e. The molecule has 5 nitrogen and oxygen atoms in total. The zero-order valence-corrected chi connectivity index (χ0v) is 13.2. The van der Waals surface area contributed by atoms with E-state index in [1.165, 1.54) is 0 Å². The van der Waals surface area contributed by atoms with Crippen molar-refractivity contribution in [2.45, 2.75) is 58.0 Å². The summed E-state index contributed by atoms with van der Waals surface area (Å²) in [6, 6.07) is 2.93. The predicted octanol–water partition coefficient (Wildman–Crippen LogP) is 1.69. The van der Waals surface area contributed by atoms with Crippen LogP contribution in [0.3, 0.4) is 0 Å². The second-order valence-corrected chi connectivity index (χ2v) is 6.48. The summed E-state index contributed by atoms with van der Waals surface area (Å²) in [6.07, 6.45) is 4.52. The van der Waals surface area contributed by atoms with Crippen molar-refractivity contribution in [1.82, 2.24) is 10.2 Å². The van der Waals surface area contributed by atoms with Crippen LogP contribution in [0.4, 0.5) is 0 Å². The van der Waals surface area contributed by atoms with Gasteiger partial charge in [0.2, 0.25) is 5.91 Å². The first-order valence-corrected chi connectivity index (χ1v) is 8.12. The molecule has 1 saturated heterocycles. The normalized spacial score (nSPS) is 27.6. The summed E-state index contributed by atoms with van der Waals surface area (Å²) >= 11 is 0. The highest BCUT2D eigenvalue weighted by molar-refractivity contribution is 5.85. The lowest BCUT2D eigenvalue weighted by atomic mass is 9.74. The zero-order chi connectivity index (χ0) is 15.3. The first kappa shape index (κ1) is 16.3. The first-order chi connectivity index (χ1) is 10.1. The van der Waals surface area contributed by atoms with E-state index in [4.69, 9.17) is 4.74 Å². The molecule has 21 heavy (non-hydrogen) atoms. The Bertz CT molecular complexity index is 399. The second-order valence-electron chi connectivity index (χ2n) is 6.48. The van der Waals surface area contributed by atoms with Crippen molar-refractivity contribution in [3.63, 3.8) is 0 Å². The summed E-state index contributed by atoms with van der Waals surface area (Å²) in [5.41, 5.74) is -0.783. The highest BCUT2D eigenvalue weighted by Crippen LogP contribution is 2.35. The summed E-state index contributed by atoms with van der Waals surface area (Å²) in [4.78, 5) is 14.8. The lowest BCUT2D eigenvalue weighted by Gasteiger charge is -2.38. The van der Waals surface area contributed by atoms with Crippen LogP contribution in [0.15, 0.2) is 0 Å². The molecule has 0 aromatic heterocycles. The molecule has 0 spiro atoms. The third-order valence-corrected chi connectivity index (χ3v) is 4.90. The van der Waals surface area contributed by atoms with Crippen LogP contribution in [0, 0.1) is 16.7 Å². The minimum absolute atomic E-state index is 0.0718. The smallest absolute Gasteiger partial charge is 0.240 e. The van der Waals surface area contributed by atoms with Crippen LogP contribution in [-0.2, 0) is 9.53 Å². The van der Waals surface area contributed by atoms with E-state index in [-0.39, 0.29) is 11.9 Å². The van der Waals surface area contributed by atoms with Gasteiger partial charge in [0.15, 0.2) is 0 Å². The third-order valence-electron chi connectivity index (χ3n) is 4.90. The fourth-order valence-electron chi connectivity index (χ4n) is 3.47. The van der Waals surface area contributed by atoms with Crippen LogP contribution >= 0.6 is 0 Å². The number of hydrogen-bond acceptors (Lipinski definition) is 4. The summed E-state index contributed by atoms with van der Waals surface area (Å²) < 4.78 is 5.44. The van der Waals surface area contributed by atoms with Crippen LogP contribution in [0.1, 0.15) is 46.0 Å². The van der Waals surface area contributed by atoms with E-state index in [0.717, 1.165) is 39.0 Å². The van der Waals surface area contributed by atoms with E-state index in [1.54, 1.807) is 0 Å². The van der Waals surface area contributed by atoms with Gasteiger partial charge in [-0.2, -0.15) is 5.26 Å². The van der Waals surface area contributed by atoms with Crippen molar-refractivity contribution in [3.05, 3.63) is 0 Å². The molecule has 0 radical (unpaired) electrons. The highest BCUT2D eigenvalue weighted by Gasteiger charge is 2.39. The number of nitrogens with one attached hydrogen (secondary N) is 1. The molecule has 0 unspecified atom stereocenters. The molecular formula is C16H27N3O2. The SMILES string of the molecule is C[C@@H](CNC(=O)C1(C#N)CCCCC1)N1CCOC[C@@H]1C. The van der Waals surface area contributed by atoms with Crippen molar-refractivity contribution in [3.8, 4) is 6.07 Å². The zero-order valence-electron chi connectivity index (χ0n) is 13.2. The summed E-state index contributed by atoms with van der Waals surface area (Å²) in [5.74, 6) is -0.0718. The molecule has 0 aromatic rings. The van der Waals surface area contributed by atoms with Crippen molar-refractivity contribution in [1.29, 1.82) is 5.26 Å². The number of carbonyl (C=O) groups excluding carboxylic acids is 1. The first-order valence-electron chi connectivity index (χ1n) is 8.12. The molecule has 5 heteroatoms. The number of morpholine rings is 1. The van der Waals surface area contributed by atoms with Crippen LogP contribution < -0.4 is 5.32 Å². The lowest BCUT2D eigenvalue weighted by Crippen LogP contribution is -2.53. The quantitative estimate of drug-likeness (QED) is 0.856. The van der Waals surface area contributed by atoms with E-state index in [9.17, 15) is 10.1 Å². The van der Waals surface area contributed by atoms with E-state index in [1.807, 2.05) is 0 Å². The van der Waals surface area contributed by atoms with E-state index in [2.05, 4.69) is 30.1 Å². The minimum atomic E-state index is -0.783. The molecule has 1 aliphatic carbocycles. The maximum Gasteiger partial charge on any atom is 0.240 e. The molecule has 0 bridgehead atoms. The summed E-state index contributed by atoms with van der Waals surface area (Å²) in [5, 5.41) is 12.4. The average Bonchev–Trinajstić information content (AvgIpc) is 2.53. The molecule has 118 valence electrons. The van der Waals surface area contributed by atoms with E-state index < -0.39 is 5.41 Å². The van der Waals surface area contributed by atoms with Gasteiger partial charge in [0, 0.05) is 25.2 Å². The third kappa shape index (κ3) is 3.75. The van der Waals surface area contributed by atoms with E-state index >= 15 is 0 Å². The Hall–Kier alpha value is -1.12. The predicted molar refractivity (Wildman–Crippen MR) is 80.6 cm³/mol. The Labute approximate surface area is 127 Å². The number of rotatable bonds is 4. The van der Waals surface area contributed by atoms with E-state index in [0.29, 0.717) is 25.4 Å². The number of carbonyl (C=O) groups is 1. The molecule has 1 aliphatic heterocycles. The maximum atomic E-state index is 12.4. The van der Waals surface area contributed by atoms with Crippen LogP contribution in [0.25, 0.3) is 0 Å². The summed E-state index contributed by atoms with van der Waals surface area (Å²) in [7, 11) is 0. The molecule has 2 aliphatic rings. The van der Waals surface area contributed by atoms with Crippen LogP contribution in [-0.4, -0.2) is 49.2 Å². The van der Waals surface area contributed by atoms with Crippen LogP contribution in [0.5, 0.6) is 0 Å². The Morgan fingerprint density at radius 2 is 2.19 bits per heavy atom. The second kappa shape index (κ2) is 7.24. The van der Waals surface area contributed by atoms with Gasteiger partial charge in [0.25, 0.3) is 0 Å². The Balaban J connectivity index is 1.86. The largest absolute Gasteiger partial charge is 0.379 e. The van der Waals surface area contributed by atoms with Gasteiger partial charge in [0.1, 0.15) is 5.41 Å². The molecular weight excluding hydrogens is 266 g/mol. The average molecular weight is 293 g/mol. The van der Waals surface area contributed by atoms with Gasteiger partial charge in [-0.1, -0.05) is 19.3 Å². The molecule has 2 atom stereocenters. The topological polar surface area (TPSA) is 65.4 Å². The van der Waals surface area contributed by atoms with Crippen molar-refractivity contribution in [2.24, 2.45) is 5.41 Å². The number of amides is 1. The molecule has 1 saturated carbocycles. The van der Waals surface area contributed by atoms with Gasteiger partial charge in [-0.15, -0.1) is 0 Å². The monoisotopic (exact) mass is 293 g/mol. The highest BCUT2D eigenvalue weighted by atomic mass is 16.5. The fourth-order valence-corrected chi connectivity index (χ4v) is 3.47. The van der Waals surface area contributed by atoms with Gasteiger partial charge < -0.3 is 10.1 Å². The Morgan fingerprint density at radius 1 is 1.48 bits per heavy atom. The molecule has 2 rings (SSSR count). The lowest BCUT2D eigenvalue weighted by molar-refractivity contribution is -0.130. The molecule has 1 N–H and O–H groups in total. The van der Waals surface area contributed by atoms with Gasteiger partial charge >= 0.3 is 0 Å². The standard InChI is InChI=1S/C16H27N3O2/c1-13(19-8-9-21-11-14(19)2)10-18-15(20)16(12-17)6-4-3-5-7-16/h13-14H,3-11H2,1-2H3,(H,18,20)/t13-,14-/m0/s1. The molecule has 1 amide bonds. The number of nitriles is 1. The van der Waals surface area contributed by atoms with Crippen molar-refractivity contribution >= 4 is 5.91 Å². The van der Waals surface area contributed by atoms with Crippen LogP contribution in [0.2, 0.25) is 0 Å². The van der Waals surface area contributed by atoms with Gasteiger partial charge in [0.05, 0.1) is 19.3 Å². The van der Waals surface area contributed by atoms with Crippen molar-refractivity contribution < 1.29 is 9.53 Å². The van der Waals surface area contributed by atoms with Gasteiger partial charge in [-0.05, 0) is 26.7 Å². The fraction of sp³-hybridized carbons (Fsp3) is 0.875. The molecule has 2 fully saturated rings. The number of ether oxygens (including phenoxy) is 1. The molecule has 1 heterocycles. The number of nitrogens with zero attached hydrogens (tertiary/aromatic N) is 2. The number of hydrogen-bond donors (Lipinski definition) is 1. The van der Waals surface area contributed by atoms with Gasteiger partial charge in [-0.25, -0.2) is 0 Å². The molecule has 0 aromatic carbocycles. The van der Waals surface area contributed by atoms with Gasteiger partial charge in [-0.3, -0.25) is 9.69 Å². The maximum absolute atomic E-state index is 12.4. The Morgan fingerprint density at radius 3 is 2.81 bits per heavy atom. The van der Waals surface area contributed by atoms with Crippen molar-refractivity contribution in [2.75, 3.05) is 26.3 Å².